The fourth-order valence-corrected chi connectivity index (χ4v) is 2.31. The van der Waals surface area contributed by atoms with Crippen LogP contribution in [-0.2, 0) is 22.7 Å². The standard InChI is InChI=1S/C17H18F2N2O4/c18-14-3-1-12(7-16(14)23)9-21(5-6-25-20-11-22)10-13-2-4-15(19)17(24)8-13/h1-4,7-8,11,23-24H,5-6,9-10H2,(H,20,22). The van der Waals surface area contributed by atoms with Crippen molar-refractivity contribution in [2.45, 2.75) is 13.1 Å². The number of phenolic OH excluding ortho intramolecular Hbond substituents is 2. The first kappa shape index (κ1) is 18.6. The summed E-state index contributed by atoms with van der Waals surface area (Å²) in [5.74, 6) is -2.32. The summed E-state index contributed by atoms with van der Waals surface area (Å²) in [5, 5.41) is 18.9. The molecule has 0 aliphatic heterocycles. The Morgan fingerprint density at radius 2 is 1.52 bits per heavy atom. The number of carbonyl (C=O) groups excluding carboxylic acids is 1. The zero-order chi connectivity index (χ0) is 18.2. The summed E-state index contributed by atoms with van der Waals surface area (Å²) in [7, 11) is 0. The lowest BCUT2D eigenvalue weighted by atomic mass is 10.1. The van der Waals surface area contributed by atoms with Crippen molar-refractivity contribution < 1.29 is 28.6 Å². The number of phenols is 2. The van der Waals surface area contributed by atoms with E-state index in [4.69, 9.17) is 4.84 Å². The maximum atomic E-state index is 13.2. The summed E-state index contributed by atoms with van der Waals surface area (Å²) in [6, 6.07) is 8.03. The van der Waals surface area contributed by atoms with Gasteiger partial charge in [-0.15, -0.1) is 0 Å². The van der Waals surface area contributed by atoms with Gasteiger partial charge in [0.15, 0.2) is 23.1 Å². The molecule has 0 atom stereocenters. The van der Waals surface area contributed by atoms with Gasteiger partial charge < -0.3 is 10.2 Å². The third kappa shape index (κ3) is 5.70. The molecule has 3 N–H and O–H groups in total. The molecule has 6 nitrogen and oxygen atoms in total. The highest BCUT2D eigenvalue weighted by atomic mass is 19.1. The van der Waals surface area contributed by atoms with Gasteiger partial charge in [-0.2, -0.15) is 0 Å². The molecule has 0 saturated carbocycles. The average molecular weight is 352 g/mol. The second-order valence-electron chi connectivity index (χ2n) is 5.37. The number of carbonyl (C=O) groups is 1. The molecule has 2 rings (SSSR count). The molecule has 0 heterocycles. The van der Waals surface area contributed by atoms with Crippen molar-refractivity contribution in [1.29, 1.82) is 0 Å². The van der Waals surface area contributed by atoms with E-state index in [-0.39, 0.29) is 6.61 Å². The molecular formula is C17H18F2N2O4. The van der Waals surface area contributed by atoms with E-state index >= 15 is 0 Å². The molecule has 134 valence electrons. The summed E-state index contributed by atoms with van der Waals surface area (Å²) in [6.45, 7) is 1.25. The van der Waals surface area contributed by atoms with E-state index in [9.17, 15) is 23.8 Å². The number of nitrogens with one attached hydrogen (secondary N) is 1. The molecule has 2 aromatic carbocycles. The van der Waals surface area contributed by atoms with E-state index in [0.29, 0.717) is 37.2 Å². The smallest absolute Gasteiger partial charge is 0.230 e. The second kappa shape index (κ2) is 8.95. The number of benzene rings is 2. The van der Waals surface area contributed by atoms with Crippen molar-refractivity contribution in [2.24, 2.45) is 0 Å². The Kier molecular flexibility index (Phi) is 6.67. The van der Waals surface area contributed by atoms with Gasteiger partial charge in [0.05, 0.1) is 6.61 Å². The van der Waals surface area contributed by atoms with Crippen LogP contribution in [0.4, 0.5) is 8.78 Å². The second-order valence-corrected chi connectivity index (χ2v) is 5.37. The monoisotopic (exact) mass is 352 g/mol. The van der Waals surface area contributed by atoms with Crippen LogP contribution < -0.4 is 5.48 Å². The molecule has 25 heavy (non-hydrogen) atoms. The first-order valence-electron chi connectivity index (χ1n) is 7.47. The highest BCUT2D eigenvalue weighted by molar-refractivity contribution is 5.43. The van der Waals surface area contributed by atoms with Crippen LogP contribution in [0.2, 0.25) is 0 Å². The van der Waals surface area contributed by atoms with Crippen molar-refractivity contribution in [3.05, 3.63) is 59.2 Å². The highest BCUT2D eigenvalue weighted by Gasteiger charge is 2.11. The van der Waals surface area contributed by atoms with Crippen molar-refractivity contribution >= 4 is 6.41 Å². The van der Waals surface area contributed by atoms with Crippen molar-refractivity contribution in [1.82, 2.24) is 10.4 Å². The molecule has 0 aliphatic rings. The third-order valence-electron chi connectivity index (χ3n) is 3.47. The zero-order valence-electron chi connectivity index (χ0n) is 13.3. The maximum Gasteiger partial charge on any atom is 0.230 e. The van der Waals surface area contributed by atoms with Crippen LogP contribution in [-0.4, -0.2) is 34.7 Å². The van der Waals surface area contributed by atoms with Crippen LogP contribution in [0.1, 0.15) is 11.1 Å². The van der Waals surface area contributed by atoms with Gasteiger partial charge >= 0.3 is 0 Å². The minimum absolute atomic E-state index is 0.180. The molecule has 0 spiro atoms. The van der Waals surface area contributed by atoms with Crippen LogP contribution in [0.3, 0.4) is 0 Å². The number of aromatic hydroxyl groups is 2. The molecular weight excluding hydrogens is 334 g/mol. The average Bonchev–Trinajstić information content (AvgIpc) is 2.58. The highest BCUT2D eigenvalue weighted by Crippen LogP contribution is 2.21. The van der Waals surface area contributed by atoms with E-state index in [1.54, 1.807) is 0 Å². The first-order valence-corrected chi connectivity index (χ1v) is 7.47. The van der Waals surface area contributed by atoms with Gasteiger partial charge in [0, 0.05) is 19.6 Å². The molecule has 0 fully saturated rings. The quantitative estimate of drug-likeness (QED) is 0.366. The van der Waals surface area contributed by atoms with Gasteiger partial charge in [-0.1, -0.05) is 12.1 Å². The van der Waals surface area contributed by atoms with Gasteiger partial charge in [0.25, 0.3) is 0 Å². The van der Waals surface area contributed by atoms with Crippen LogP contribution >= 0.6 is 0 Å². The SMILES string of the molecule is O=CNOCCN(Cc1ccc(F)c(O)c1)Cc1ccc(F)c(O)c1. The number of nitrogens with zero attached hydrogens (tertiary/aromatic N) is 1. The van der Waals surface area contributed by atoms with Crippen LogP contribution in [0.15, 0.2) is 36.4 Å². The molecule has 2 aromatic rings. The fourth-order valence-electron chi connectivity index (χ4n) is 2.31. The Morgan fingerprint density at radius 3 is 1.96 bits per heavy atom. The van der Waals surface area contributed by atoms with Crippen LogP contribution in [0.25, 0.3) is 0 Å². The lowest BCUT2D eigenvalue weighted by Crippen LogP contribution is -2.29. The summed E-state index contributed by atoms with van der Waals surface area (Å²) in [4.78, 5) is 17.0. The van der Waals surface area contributed by atoms with Gasteiger partial charge in [0.2, 0.25) is 6.41 Å². The molecule has 1 amide bonds. The number of halogens is 2. The summed E-state index contributed by atoms with van der Waals surface area (Å²) < 4.78 is 26.3. The number of hydrogen-bond donors (Lipinski definition) is 3. The Bertz CT molecular complexity index is 674. The molecule has 0 unspecified atom stereocenters. The van der Waals surface area contributed by atoms with E-state index in [1.807, 2.05) is 4.90 Å². The summed E-state index contributed by atoms with van der Waals surface area (Å²) in [6.07, 6.45) is 0.403. The van der Waals surface area contributed by atoms with Gasteiger partial charge in [0.1, 0.15) is 0 Å². The normalized spacial score (nSPS) is 10.8. The predicted octanol–water partition coefficient (Wildman–Crippen LogP) is 2.06. The van der Waals surface area contributed by atoms with Crippen LogP contribution in [0, 0.1) is 11.6 Å². The molecule has 0 bridgehead atoms. The summed E-state index contributed by atoms with van der Waals surface area (Å²) >= 11 is 0. The van der Waals surface area contributed by atoms with Crippen molar-refractivity contribution in [3.8, 4) is 11.5 Å². The molecule has 0 aliphatic carbocycles. The van der Waals surface area contributed by atoms with E-state index in [2.05, 4.69) is 5.48 Å². The predicted molar refractivity (Wildman–Crippen MR) is 85.4 cm³/mol. The Morgan fingerprint density at radius 1 is 1.00 bits per heavy atom. The fraction of sp³-hybridized carbons (Fsp3) is 0.235. The topological polar surface area (TPSA) is 82.0 Å². The van der Waals surface area contributed by atoms with E-state index in [1.165, 1.54) is 24.3 Å². The Hall–Kier alpha value is -2.71. The third-order valence-corrected chi connectivity index (χ3v) is 3.47. The van der Waals surface area contributed by atoms with Gasteiger partial charge in [-0.3, -0.25) is 14.5 Å². The van der Waals surface area contributed by atoms with E-state index < -0.39 is 23.1 Å². The van der Waals surface area contributed by atoms with Crippen LogP contribution in [0.5, 0.6) is 11.5 Å². The maximum absolute atomic E-state index is 13.2. The molecule has 0 aromatic heterocycles. The summed E-state index contributed by atoms with van der Waals surface area (Å²) in [5.41, 5.74) is 3.40. The minimum Gasteiger partial charge on any atom is -0.505 e. The van der Waals surface area contributed by atoms with E-state index in [0.717, 1.165) is 12.1 Å². The van der Waals surface area contributed by atoms with Gasteiger partial charge in [-0.25, -0.2) is 14.3 Å². The number of rotatable bonds is 9. The lowest BCUT2D eigenvalue weighted by molar-refractivity contribution is -0.121. The van der Waals surface area contributed by atoms with Crippen molar-refractivity contribution in [2.75, 3.05) is 13.2 Å². The van der Waals surface area contributed by atoms with Gasteiger partial charge in [-0.05, 0) is 35.4 Å². The largest absolute Gasteiger partial charge is 0.505 e. The zero-order valence-corrected chi connectivity index (χ0v) is 13.3. The molecule has 0 radical (unpaired) electrons. The first-order chi connectivity index (χ1) is 12.0. The number of hydrogen-bond acceptors (Lipinski definition) is 5. The minimum atomic E-state index is -0.711. The number of hydroxylamine groups is 1. The molecule has 8 heteroatoms. The van der Waals surface area contributed by atoms with Crippen molar-refractivity contribution in [3.63, 3.8) is 0 Å². The number of amides is 1. The Balaban J connectivity index is 2.09. The Labute approximate surface area is 143 Å². The molecule has 0 saturated heterocycles. The lowest BCUT2D eigenvalue weighted by Gasteiger charge is -2.22.